The van der Waals surface area contributed by atoms with E-state index in [9.17, 15) is 9.59 Å². The fraction of sp³-hybridized carbons (Fsp3) is 0.263. The molecule has 0 spiro atoms. The van der Waals surface area contributed by atoms with Crippen LogP contribution in [0.3, 0.4) is 0 Å². The Morgan fingerprint density at radius 2 is 1.48 bits per heavy atom. The zero-order chi connectivity index (χ0) is 16.4. The molecule has 1 aliphatic heterocycles. The maximum absolute atomic E-state index is 12.3. The smallest absolute Gasteiger partial charge is 0.261 e. The number of hydrogen-bond donors (Lipinski definition) is 0. The molecule has 0 aliphatic carbocycles. The van der Waals surface area contributed by atoms with Crippen LogP contribution < -0.4 is 0 Å². The van der Waals surface area contributed by atoms with Gasteiger partial charge in [0.25, 0.3) is 11.8 Å². The van der Waals surface area contributed by atoms with E-state index in [4.69, 9.17) is 0 Å². The molecule has 0 saturated heterocycles. The number of aryl methyl sites for hydroxylation is 1. The fourth-order valence-corrected chi connectivity index (χ4v) is 2.80. The van der Waals surface area contributed by atoms with Crippen molar-refractivity contribution in [2.24, 2.45) is 0 Å². The first-order valence-electron chi connectivity index (χ1n) is 7.75. The molecular formula is C19H20N2O2. The predicted molar refractivity (Wildman–Crippen MR) is 89.3 cm³/mol. The molecule has 0 unspecified atom stereocenters. The van der Waals surface area contributed by atoms with E-state index in [1.807, 2.05) is 7.05 Å². The highest BCUT2D eigenvalue weighted by Crippen LogP contribution is 2.22. The van der Waals surface area contributed by atoms with Crippen molar-refractivity contribution in [3.05, 3.63) is 70.8 Å². The Morgan fingerprint density at radius 3 is 2.04 bits per heavy atom. The zero-order valence-corrected chi connectivity index (χ0v) is 13.5. The van der Waals surface area contributed by atoms with Gasteiger partial charge in [-0.25, -0.2) is 0 Å². The Hall–Kier alpha value is -2.46. The quantitative estimate of drug-likeness (QED) is 0.798. The minimum atomic E-state index is -0.186. The molecule has 2 amide bonds. The molecule has 0 atom stereocenters. The molecule has 0 bridgehead atoms. The highest BCUT2D eigenvalue weighted by atomic mass is 16.2. The minimum Gasteiger partial charge on any atom is -0.300 e. The number of hydrogen-bond acceptors (Lipinski definition) is 3. The van der Waals surface area contributed by atoms with Crippen LogP contribution >= 0.6 is 0 Å². The van der Waals surface area contributed by atoms with Crippen molar-refractivity contribution >= 4 is 11.8 Å². The van der Waals surface area contributed by atoms with Crippen molar-refractivity contribution in [1.29, 1.82) is 0 Å². The minimum absolute atomic E-state index is 0.186. The van der Waals surface area contributed by atoms with Crippen LogP contribution in [0.15, 0.2) is 48.5 Å². The molecule has 23 heavy (non-hydrogen) atoms. The summed E-state index contributed by atoms with van der Waals surface area (Å²) in [5.74, 6) is -0.372. The van der Waals surface area contributed by atoms with E-state index in [1.54, 1.807) is 24.3 Å². The molecule has 0 saturated carbocycles. The highest BCUT2D eigenvalue weighted by Gasteiger charge is 2.34. The molecule has 3 rings (SSSR count). The molecule has 0 aromatic heterocycles. The summed E-state index contributed by atoms with van der Waals surface area (Å²) in [6.45, 7) is 3.92. The number of carbonyl (C=O) groups is 2. The SMILES string of the molecule is Cc1ccc(CN(C)CCN2C(=O)c3ccccc3C2=O)cc1. The largest absolute Gasteiger partial charge is 0.300 e. The Bertz CT molecular complexity index is 702. The van der Waals surface area contributed by atoms with E-state index in [-0.39, 0.29) is 11.8 Å². The number of imide groups is 1. The third kappa shape index (κ3) is 3.17. The topological polar surface area (TPSA) is 40.6 Å². The van der Waals surface area contributed by atoms with Gasteiger partial charge in [-0.15, -0.1) is 0 Å². The normalized spacial score (nSPS) is 13.8. The molecule has 4 heteroatoms. The van der Waals surface area contributed by atoms with Gasteiger partial charge in [0.2, 0.25) is 0 Å². The maximum Gasteiger partial charge on any atom is 0.261 e. The summed E-state index contributed by atoms with van der Waals surface area (Å²) in [5.41, 5.74) is 3.49. The average molecular weight is 308 g/mol. The number of amides is 2. The first-order valence-corrected chi connectivity index (χ1v) is 7.75. The Labute approximate surface area is 136 Å². The summed E-state index contributed by atoms with van der Waals surface area (Å²) in [7, 11) is 2.00. The van der Waals surface area contributed by atoms with Crippen molar-refractivity contribution in [2.75, 3.05) is 20.1 Å². The lowest BCUT2D eigenvalue weighted by molar-refractivity contribution is 0.0640. The van der Waals surface area contributed by atoms with Gasteiger partial charge < -0.3 is 4.90 Å². The van der Waals surface area contributed by atoms with Crippen LogP contribution in [-0.2, 0) is 6.54 Å². The molecular weight excluding hydrogens is 288 g/mol. The lowest BCUT2D eigenvalue weighted by atomic mass is 10.1. The molecule has 2 aromatic rings. The van der Waals surface area contributed by atoms with Gasteiger partial charge in [-0.05, 0) is 31.7 Å². The highest BCUT2D eigenvalue weighted by molar-refractivity contribution is 6.21. The van der Waals surface area contributed by atoms with Crippen LogP contribution in [0.2, 0.25) is 0 Å². The summed E-state index contributed by atoms with van der Waals surface area (Å²) < 4.78 is 0. The number of nitrogens with zero attached hydrogens (tertiary/aromatic N) is 2. The lowest BCUT2D eigenvalue weighted by Crippen LogP contribution is -2.36. The van der Waals surface area contributed by atoms with Crippen LogP contribution in [0, 0.1) is 6.92 Å². The Morgan fingerprint density at radius 1 is 0.913 bits per heavy atom. The Kier molecular flexibility index (Phi) is 4.26. The number of fused-ring (bicyclic) bond motifs is 1. The molecule has 0 N–H and O–H groups in total. The first kappa shape index (κ1) is 15.4. The van der Waals surface area contributed by atoms with Crippen LogP contribution in [0.25, 0.3) is 0 Å². The molecule has 118 valence electrons. The van der Waals surface area contributed by atoms with Gasteiger partial charge in [0.15, 0.2) is 0 Å². The van der Waals surface area contributed by atoms with Crippen molar-refractivity contribution in [3.8, 4) is 0 Å². The summed E-state index contributed by atoms with van der Waals surface area (Å²) in [6, 6.07) is 15.4. The van der Waals surface area contributed by atoms with Gasteiger partial charge in [0.1, 0.15) is 0 Å². The van der Waals surface area contributed by atoms with Crippen molar-refractivity contribution < 1.29 is 9.59 Å². The molecule has 0 radical (unpaired) electrons. The summed E-state index contributed by atoms with van der Waals surface area (Å²) >= 11 is 0. The van der Waals surface area contributed by atoms with Gasteiger partial charge in [-0.1, -0.05) is 42.0 Å². The van der Waals surface area contributed by atoms with Crippen LogP contribution in [-0.4, -0.2) is 41.8 Å². The van der Waals surface area contributed by atoms with Gasteiger partial charge in [-0.2, -0.15) is 0 Å². The maximum atomic E-state index is 12.3. The Balaban J connectivity index is 1.59. The number of carbonyl (C=O) groups excluding carboxylic acids is 2. The lowest BCUT2D eigenvalue weighted by Gasteiger charge is -2.20. The van der Waals surface area contributed by atoms with Crippen LogP contribution in [0.4, 0.5) is 0 Å². The summed E-state index contributed by atoms with van der Waals surface area (Å²) in [5, 5.41) is 0. The monoisotopic (exact) mass is 308 g/mol. The molecule has 2 aromatic carbocycles. The van der Waals surface area contributed by atoms with E-state index in [0.29, 0.717) is 24.2 Å². The second-order valence-corrected chi connectivity index (χ2v) is 6.03. The van der Waals surface area contributed by atoms with Gasteiger partial charge in [0.05, 0.1) is 11.1 Å². The van der Waals surface area contributed by atoms with E-state index in [1.165, 1.54) is 16.0 Å². The van der Waals surface area contributed by atoms with E-state index in [0.717, 1.165) is 6.54 Å². The average Bonchev–Trinajstić information content (AvgIpc) is 2.80. The van der Waals surface area contributed by atoms with Crippen molar-refractivity contribution in [3.63, 3.8) is 0 Å². The zero-order valence-electron chi connectivity index (χ0n) is 13.5. The van der Waals surface area contributed by atoms with E-state index >= 15 is 0 Å². The van der Waals surface area contributed by atoms with Gasteiger partial charge in [-0.3, -0.25) is 14.5 Å². The molecule has 1 heterocycles. The molecule has 1 aliphatic rings. The first-order chi connectivity index (χ1) is 11.1. The number of benzene rings is 2. The second-order valence-electron chi connectivity index (χ2n) is 6.03. The van der Waals surface area contributed by atoms with Crippen LogP contribution in [0.1, 0.15) is 31.8 Å². The third-order valence-corrected chi connectivity index (χ3v) is 4.16. The number of likely N-dealkylation sites (N-methyl/N-ethyl adjacent to an activating group) is 1. The summed E-state index contributed by atoms with van der Waals surface area (Å²) in [6.07, 6.45) is 0. The van der Waals surface area contributed by atoms with Crippen molar-refractivity contribution in [2.45, 2.75) is 13.5 Å². The van der Waals surface area contributed by atoms with Gasteiger partial charge >= 0.3 is 0 Å². The van der Waals surface area contributed by atoms with Gasteiger partial charge in [0, 0.05) is 19.6 Å². The van der Waals surface area contributed by atoms with Crippen LogP contribution in [0.5, 0.6) is 0 Å². The van der Waals surface area contributed by atoms with Crippen molar-refractivity contribution in [1.82, 2.24) is 9.80 Å². The second kappa shape index (κ2) is 6.34. The number of rotatable bonds is 5. The predicted octanol–water partition coefficient (Wildman–Crippen LogP) is 2.72. The molecule has 4 nitrogen and oxygen atoms in total. The summed E-state index contributed by atoms with van der Waals surface area (Å²) in [4.78, 5) is 28.1. The molecule has 0 fully saturated rings. The standard InChI is InChI=1S/C19H20N2O2/c1-14-7-9-15(10-8-14)13-20(2)11-12-21-18(22)16-5-3-4-6-17(16)19(21)23/h3-10H,11-13H2,1-2H3. The third-order valence-electron chi connectivity index (χ3n) is 4.16. The van der Waals surface area contributed by atoms with E-state index in [2.05, 4.69) is 36.1 Å². The van der Waals surface area contributed by atoms with E-state index < -0.39 is 0 Å². The fourth-order valence-electron chi connectivity index (χ4n) is 2.80.